The molecule has 0 aromatic heterocycles. The third-order valence-electron chi connectivity index (χ3n) is 4.22. The summed E-state index contributed by atoms with van der Waals surface area (Å²) in [7, 11) is 3.39. The third-order valence-corrected chi connectivity index (χ3v) is 4.59. The van der Waals surface area contributed by atoms with Crippen molar-refractivity contribution in [1.29, 1.82) is 0 Å². The van der Waals surface area contributed by atoms with E-state index in [1.807, 2.05) is 24.3 Å². The number of thiocarbonyl (C=S) groups is 1. The Hall–Kier alpha value is -1.66. The van der Waals surface area contributed by atoms with Gasteiger partial charge in [0.25, 0.3) is 5.91 Å². The zero-order valence-electron chi connectivity index (χ0n) is 11.0. The molecule has 1 aromatic rings. The van der Waals surface area contributed by atoms with Gasteiger partial charge in [-0.25, -0.2) is 0 Å². The number of rotatable bonds is 0. The van der Waals surface area contributed by atoms with Crippen LogP contribution in [0.15, 0.2) is 24.3 Å². The molecular weight excluding hydrogens is 262 g/mol. The number of hydrogen-bond acceptors (Lipinski definition) is 3. The zero-order valence-corrected chi connectivity index (χ0v) is 11.8. The summed E-state index contributed by atoms with van der Waals surface area (Å²) in [6.07, 6.45) is 0. The number of nitrogens with zero attached hydrogens (tertiary/aromatic N) is 2. The summed E-state index contributed by atoms with van der Waals surface area (Å²) in [6, 6.07) is 7.33. The number of benzene rings is 1. The molecule has 0 saturated carbocycles. The average molecular weight is 277 g/mol. The summed E-state index contributed by atoms with van der Waals surface area (Å²) in [5, 5.41) is 14.5. The molecule has 2 aliphatic heterocycles. The number of amides is 1. The quantitative estimate of drug-likeness (QED) is 0.672. The first-order chi connectivity index (χ1) is 8.84. The molecule has 1 amide bonds. The summed E-state index contributed by atoms with van der Waals surface area (Å²) in [5.41, 5.74) is -1.27. The number of carbonyl (C=O) groups excluding carboxylic acids is 1. The van der Waals surface area contributed by atoms with Crippen molar-refractivity contribution >= 4 is 28.9 Å². The van der Waals surface area contributed by atoms with Crippen LogP contribution in [0.5, 0.6) is 0 Å². The molecule has 6 heteroatoms. The van der Waals surface area contributed by atoms with E-state index in [1.54, 1.807) is 30.8 Å². The number of anilines is 1. The Morgan fingerprint density at radius 2 is 1.95 bits per heavy atom. The van der Waals surface area contributed by atoms with Gasteiger partial charge in [0.05, 0.1) is 5.69 Å². The van der Waals surface area contributed by atoms with Gasteiger partial charge in [-0.05, 0) is 25.2 Å². The Bertz CT molecular complexity index is 605. The fourth-order valence-corrected chi connectivity index (χ4v) is 3.36. The summed E-state index contributed by atoms with van der Waals surface area (Å²) in [4.78, 5) is 15.7. The van der Waals surface area contributed by atoms with Crippen molar-refractivity contribution in [1.82, 2.24) is 10.2 Å². The summed E-state index contributed by atoms with van der Waals surface area (Å²) in [5.74, 6) is -0.208. The highest BCUT2D eigenvalue weighted by atomic mass is 32.1. The van der Waals surface area contributed by atoms with Crippen LogP contribution in [0, 0.1) is 0 Å². The first-order valence-electron chi connectivity index (χ1n) is 6.00. The molecule has 0 spiro atoms. The van der Waals surface area contributed by atoms with E-state index in [-0.39, 0.29) is 5.91 Å². The largest absolute Gasteiger partial charge is 0.364 e. The Morgan fingerprint density at radius 3 is 2.63 bits per heavy atom. The van der Waals surface area contributed by atoms with Crippen molar-refractivity contribution < 1.29 is 9.90 Å². The number of nitrogens with one attached hydrogen (secondary N) is 1. The van der Waals surface area contributed by atoms with Gasteiger partial charge in [0.1, 0.15) is 0 Å². The molecule has 2 heterocycles. The molecule has 1 saturated heterocycles. The number of hydrogen-bond donors (Lipinski definition) is 2. The fraction of sp³-hybridized carbons (Fsp3) is 0.385. The minimum Gasteiger partial charge on any atom is -0.364 e. The molecular formula is C13H15N3O2S. The minimum absolute atomic E-state index is 0.208. The molecule has 2 unspecified atom stereocenters. The molecule has 19 heavy (non-hydrogen) atoms. The monoisotopic (exact) mass is 277 g/mol. The van der Waals surface area contributed by atoms with Crippen molar-refractivity contribution in [3.8, 4) is 0 Å². The molecule has 100 valence electrons. The summed E-state index contributed by atoms with van der Waals surface area (Å²) >= 11 is 5.20. The molecule has 0 radical (unpaired) electrons. The minimum atomic E-state index is -1.47. The van der Waals surface area contributed by atoms with Crippen molar-refractivity contribution in [2.75, 3.05) is 19.0 Å². The predicted molar refractivity (Wildman–Crippen MR) is 75.7 cm³/mol. The smallest absolute Gasteiger partial charge is 0.257 e. The third kappa shape index (κ3) is 1.18. The number of fused-ring (bicyclic) bond motifs is 3. The molecule has 1 fully saturated rings. The zero-order chi connectivity index (χ0) is 14.0. The van der Waals surface area contributed by atoms with E-state index < -0.39 is 11.3 Å². The van der Waals surface area contributed by atoms with Crippen LogP contribution in [0.2, 0.25) is 0 Å². The maximum absolute atomic E-state index is 12.6. The highest BCUT2D eigenvalue weighted by Crippen LogP contribution is 2.48. The number of aliphatic hydroxyl groups is 1. The Labute approximate surface area is 116 Å². The summed E-state index contributed by atoms with van der Waals surface area (Å²) < 4.78 is 0. The van der Waals surface area contributed by atoms with E-state index in [0.29, 0.717) is 16.4 Å². The lowest BCUT2D eigenvalue weighted by Gasteiger charge is -2.47. The molecule has 5 nitrogen and oxygen atoms in total. The Morgan fingerprint density at radius 1 is 1.32 bits per heavy atom. The van der Waals surface area contributed by atoms with Crippen LogP contribution in [0.1, 0.15) is 12.5 Å². The molecule has 1 aromatic carbocycles. The molecule has 2 aliphatic rings. The molecule has 0 aliphatic carbocycles. The molecule has 2 N–H and O–H groups in total. The van der Waals surface area contributed by atoms with Gasteiger partial charge >= 0.3 is 0 Å². The predicted octanol–water partition coefficient (Wildman–Crippen LogP) is 0.387. The lowest BCUT2D eigenvalue weighted by atomic mass is 9.78. The Balaban J connectivity index is 2.36. The van der Waals surface area contributed by atoms with Gasteiger partial charge in [-0.2, -0.15) is 0 Å². The van der Waals surface area contributed by atoms with Crippen LogP contribution < -0.4 is 10.2 Å². The van der Waals surface area contributed by atoms with Gasteiger partial charge in [0.2, 0.25) is 5.72 Å². The van der Waals surface area contributed by atoms with Gasteiger partial charge in [0.15, 0.2) is 10.7 Å². The lowest BCUT2D eigenvalue weighted by molar-refractivity contribution is -0.149. The van der Waals surface area contributed by atoms with Crippen molar-refractivity contribution in [2.24, 2.45) is 0 Å². The highest BCUT2D eigenvalue weighted by molar-refractivity contribution is 7.80. The van der Waals surface area contributed by atoms with Crippen molar-refractivity contribution in [3.05, 3.63) is 29.8 Å². The second-order valence-electron chi connectivity index (χ2n) is 5.17. The number of para-hydroxylation sites is 1. The normalized spacial score (nSPS) is 33.1. The van der Waals surface area contributed by atoms with E-state index in [9.17, 15) is 9.90 Å². The maximum atomic E-state index is 12.6. The van der Waals surface area contributed by atoms with E-state index in [1.165, 1.54) is 0 Å². The first kappa shape index (κ1) is 12.4. The van der Waals surface area contributed by atoms with Crippen molar-refractivity contribution in [2.45, 2.75) is 18.2 Å². The van der Waals surface area contributed by atoms with Crippen molar-refractivity contribution in [3.63, 3.8) is 0 Å². The first-order valence-corrected chi connectivity index (χ1v) is 6.41. The Kier molecular flexibility index (Phi) is 2.25. The van der Waals surface area contributed by atoms with Gasteiger partial charge in [0, 0.05) is 19.7 Å². The van der Waals surface area contributed by atoms with E-state index >= 15 is 0 Å². The van der Waals surface area contributed by atoms with E-state index in [2.05, 4.69) is 5.32 Å². The average Bonchev–Trinajstić information content (AvgIpc) is 2.59. The van der Waals surface area contributed by atoms with Gasteiger partial charge in [-0.3, -0.25) is 4.79 Å². The van der Waals surface area contributed by atoms with Gasteiger partial charge in [-0.15, -0.1) is 0 Å². The SMILES string of the molecule is CN1C(=O)C2(C)NC(=S)N(C)C2(O)c2ccccc21. The standard InChI is InChI=1S/C13H15N3O2S/c1-12-10(17)15(2)9-7-5-4-6-8(9)13(12,18)16(3)11(19)14-12/h4-7,18H,1-3H3,(H,14,19). The van der Waals surface area contributed by atoms with E-state index in [4.69, 9.17) is 12.2 Å². The van der Waals surface area contributed by atoms with E-state index in [0.717, 1.165) is 0 Å². The van der Waals surface area contributed by atoms with Crippen LogP contribution in [0.3, 0.4) is 0 Å². The van der Waals surface area contributed by atoms with Crippen LogP contribution in [0.4, 0.5) is 5.69 Å². The number of likely N-dealkylation sites (N-methyl/N-ethyl adjacent to an activating group) is 2. The van der Waals surface area contributed by atoms with Gasteiger partial charge < -0.3 is 20.2 Å². The molecule has 3 rings (SSSR count). The second-order valence-corrected chi connectivity index (χ2v) is 5.55. The topological polar surface area (TPSA) is 55.8 Å². The second kappa shape index (κ2) is 3.46. The lowest BCUT2D eigenvalue weighted by Crippen LogP contribution is -2.67. The van der Waals surface area contributed by atoms with Crippen LogP contribution in [-0.2, 0) is 10.5 Å². The summed E-state index contributed by atoms with van der Waals surface area (Å²) in [6.45, 7) is 1.68. The van der Waals surface area contributed by atoms with Crippen LogP contribution in [0.25, 0.3) is 0 Å². The van der Waals surface area contributed by atoms with Crippen LogP contribution >= 0.6 is 12.2 Å². The highest BCUT2D eigenvalue weighted by Gasteiger charge is 2.66. The fourth-order valence-electron chi connectivity index (χ4n) is 3.03. The molecule has 0 bridgehead atoms. The maximum Gasteiger partial charge on any atom is 0.257 e. The van der Waals surface area contributed by atoms with Crippen LogP contribution in [-0.4, -0.2) is 40.7 Å². The van der Waals surface area contributed by atoms with Gasteiger partial charge in [-0.1, -0.05) is 18.2 Å². The molecule has 2 atom stereocenters. The number of carbonyl (C=O) groups is 1.